The Bertz CT molecular complexity index is 635. The van der Waals surface area contributed by atoms with Gasteiger partial charge in [0.2, 0.25) is 5.91 Å². The highest BCUT2D eigenvalue weighted by atomic mass is 16.1. The van der Waals surface area contributed by atoms with E-state index >= 15 is 0 Å². The largest absolute Gasteiger partial charge is 0.369 e. The van der Waals surface area contributed by atoms with E-state index in [2.05, 4.69) is 44.5 Å². The van der Waals surface area contributed by atoms with Crippen molar-refractivity contribution in [1.82, 2.24) is 9.88 Å². The number of carbonyl (C=O) groups is 1. The molecule has 0 saturated heterocycles. The minimum absolute atomic E-state index is 0.151. The molecule has 1 amide bonds. The van der Waals surface area contributed by atoms with Gasteiger partial charge in [-0.3, -0.25) is 14.7 Å². The van der Waals surface area contributed by atoms with Crippen LogP contribution in [0.15, 0.2) is 54.7 Å². The fourth-order valence-corrected chi connectivity index (χ4v) is 4.09. The van der Waals surface area contributed by atoms with Crippen LogP contribution in [0.5, 0.6) is 0 Å². The predicted molar refractivity (Wildman–Crippen MR) is 102 cm³/mol. The van der Waals surface area contributed by atoms with Crippen LogP contribution < -0.4 is 5.73 Å². The van der Waals surface area contributed by atoms with E-state index in [1.54, 1.807) is 6.20 Å². The number of primary amides is 1. The number of rotatable bonds is 7. The van der Waals surface area contributed by atoms with E-state index in [1.807, 2.05) is 48.5 Å². The summed E-state index contributed by atoms with van der Waals surface area (Å²) in [6, 6.07) is 15.8. The molecule has 1 aromatic carbocycles. The molecule has 2 rings (SSSR count). The van der Waals surface area contributed by atoms with Crippen LogP contribution in [0.25, 0.3) is 0 Å². The van der Waals surface area contributed by atoms with Gasteiger partial charge in [-0.1, -0.05) is 36.4 Å². The predicted octanol–water partition coefficient (Wildman–Crippen LogP) is 3.36. The van der Waals surface area contributed by atoms with Gasteiger partial charge in [-0.15, -0.1) is 0 Å². The SMILES string of the molecule is CC(C)N(C(C)C)C(C)C(C(N)=O)(c1ccccc1)c1ccccn1. The Morgan fingerprint density at radius 1 is 0.960 bits per heavy atom. The number of nitrogens with zero attached hydrogens (tertiary/aromatic N) is 2. The lowest BCUT2D eigenvalue weighted by atomic mass is 9.70. The maximum Gasteiger partial charge on any atom is 0.235 e. The minimum atomic E-state index is -1.02. The number of pyridine rings is 1. The molecule has 1 aromatic heterocycles. The van der Waals surface area contributed by atoms with Gasteiger partial charge in [0.05, 0.1) is 5.69 Å². The van der Waals surface area contributed by atoms with Crippen molar-refractivity contribution in [2.75, 3.05) is 0 Å². The second-order valence-corrected chi connectivity index (χ2v) is 7.06. The molecule has 25 heavy (non-hydrogen) atoms. The number of nitrogens with two attached hydrogens (primary N) is 1. The normalized spacial score (nSPS) is 15.4. The van der Waals surface area contributed by atoms with E-state index in [4.69, 9.17) is 5.73 Å². The Balaban J connectivity index is 2.77. The van der Waals surface area contributed by atoms with Crippen LogP contribution in [0.4, 0.5) is 0 Å². The van der Waals surface area contributed by atoms with E-state index in [0.29, 0.717) is 5.69 Å². The highest BCUT2D eigenvalue weighted by molar-refractivity contribution is 5.91. The van der Waals surface area contributed by atoms with Crippen molar-refractivity contribution in [3.8, 4) is 0 Å². The molecule has 2 unspecified atom stereocenters. The maximum atomic E-state index is 13.0. The van der Waals surface area contributed by atoms with Gasteiger partial charge in [0, 0.05) is 24.3 Å². The topological polar surface area (TPSA) is 59.2 Å². The van der Waals surface area contributed by atoms with E-state index in [1.165, 1.54) is 0 Å². The molecule has 0 aliphatic heterocycles. The van der Waals surface area contributed by atoms with Crippen molar-refractivity contribution in [3.05, 3.63) is 66.0 Å². The van der Waals surface area contributed by atoms with Crippen molar-refractivity contribution >= 4 is 5.91 Å². The standard InChI is InChI=1S/C21H29N3O/c1-15(2)24(16(3)4)17(5)21(20(22)25,18-11-7-6-8-12-18)19-13-9-10-14-23-19/h6-17H,1-5H3,(H2,22,25). The molecule has 1 heterocycles. The molecular weight excluding hydrogens is 310 g/mol. The zero-order chi connectivity index (χ0) is 18.6. The second-order valence-electron chi connectivity index (χ2n) is 7.06. The van der Waals surface area contributed by atoms with Crippen LogP contribution in [0.3, 0.4) is 0 Å². The molecule has 0 saturated carbocycles. The summed E-state index contributed by atoms with van der Waals surface area (Å²) in [4.78, 5) is 19.8. The van der Waals surface area contributed by atoms with Crippen molar-refractivity contribution in [1.29, 1.82) is 0 Å². The zero-order valence-corrected chi connectivity index (χ0v) is 15.8. The molecule has 2 N–H and O–H groups in total. The van der Waals surface area contributed by atoms with Crippen molar-refractivity contribution in [2.45, 2.75) is 58.2 Å². The first-order valence-electron chi connectivity index (χ1n) is 8.87. The molecule has 134 valence electrons. The Morgan fingerprint density at radius 2 is 1.52 bits per heavy atom. The molecule has 0 spiro atoms. The first-order chi connectivity index (χ1) is 11.8. The Labute approximate surface area is 151 Å². The van der Waals surface area contributed by atoms with Crippen LogP contribution in [-0.2, 0) is 10.2 Å². The smallest absolute Gasteiger partial charge is 0.235 e. The molecule has 2 atom stereocenters. The summed E-state index contributed by atoms with van der Waals surface area (Å²) in [5.74, 6) is -0.379. The molecule has 4 heteroatoms. The average Bonchev–Trinajstić information content (AvgIpc) is 2.56. The van der Waals surface area contributed by atoms with Crippen LogP contribution >= 0.6 is 0 Å². The van der Waals surface area contributed by atoms with Gasteiger partial charge >= 0.3 is 0 Å². The highest BCUT2D eigenvalue weighted by Crippen LogP contribution is 2.38. The Kier molecular flexibility index (Phi) is 5.96. The highest BCUT2D eigenvalue weighted by Gasteiger charge is 2.49. The number of hydrogen-bond acceptors (Lipinski definition) is 3. The Morgan fingerprint density at radius 3 is 1.96 bits per heavy atom. The number of aromatic nitrogens is 1. The second kappa shape index (κ2) is 7.79. The first kappa shape index (κ1) is 19.1. The van der Waals surface area contributed by atoms with Crippen molar-refractivity contribution in [2.24, 2.45) is 5.73 Å². The fraction of sp³-hybridized carbons (Fsp3) is 0.429. The van der Waals surface area contributed by atoms with Gasteiger partial charge in [-0.05, 0) is 52.3 Å². The van der Waals surface area contributed by atoms with E-state index in [0.717, 1.165) is 5.56 Å². The molecule has 0 aliphatic carbocycles. The number of carbonyl (C=O) groups excluding carboxylic acids is 1. The zero-order valence-electron chi connectivity index (χ0n) is 15.8. The summed E-state index contributed by atoms with van der Waals surface area (Å²) in [6.07, 6.45) is 1.72. The lowest BCUT2D eigenvalue weighted by Crippen LogP contribution is -2.60. The van der Waals surface area contributed by atoms with Gasteiger partial charge in [0.15, 0.2) is 0 Å². The van der Waals surface area contributed by atoms with E-state index in [-0.39, 0.29) is 24.0 Å². The Hall–Kier alpha value is -2.20. The molecule has 2 aromatic rings. The molecule has 4 nitrogen and oxygen atoms in total. The summed E-state index contributed by atoms with van der Waals surface area (Å²) in [5, 5.41) is 0. The van der Waals surface area contributed by atoms with Crippen LogP contribution in [0, 0.1) is 0 Å². The monoisotopic (exact) mass is 339 g/mol. The first-order valence-corrected chi connectivity index (χ1v) is 8.87. The third kappa shape index (κ3) is 3.45. The summed E-state index contributed by atoms with van der Waals surface area (Å²) in [6.45, 7) is 10.7. The molecular formula is C21H29N3O. The minimum Gasteiger partial charge on any atom is -0.369 e. The summed E-state index contributed by atoms with van der Waals surface area (Å²) in [7, 11) is 0. The van der Waals surface area contributed by atoms with Gasteiger partial charge in [0.25, 0.3) is 0 Å². The summed E-state index contributed by atoms with van der Waals surface area (Å²) >= 11 is 0. The summed E-state index contributed by atoms with van der Waals surface area (Å²) in [5.41, 5.74) is 6.61. The van der Waals surface area contributed by atoms with Crippen molar-refractivity contribution < 1.29 is 4.79 Å². The lowest BCUT2D eigenvalue weighted by Gasteiger charge is -2.46. The quantitative estimate of drug-likeness (QED) is 0.841. The van der Waals surface area contributed by atoms with Crippen LogP contribution in [0.2, 0.25) is 0 Å². The van der Waals surface area contributed by atoms with Crippen LogP contribution in [0.1, 0.15) is 45.9 Å². The van der Waals surface area contributed by atoms with E-state index in [9.17, 15) is 4.79 Å². The van der Waals surface area contributed by atoms with Gasteiger partial charge in [-0.2, -0.15) is 0 Å². The van der Waals surface area contributed by atoms with Gasteiger partial charge < -0.3 is 5.73 Å². The average molecular weight is 339 g/mol. The fourth-order valence-electron chi connectivity index (χ4n) is 4.09. The number of hydrogen-bond donors (Lipinski definition) is 1. The van der Waals surface area contributed by atoms with E-state index < -0.39 is 5.41 Å². The van der Waals surface area contributed by atoms with Crippen molar-refractivity contribution in [3.63, 3.8) is 0 Å². The van der Waals surface area contributed by atoms with Gasteiger partial charge in [-0.25, -0.2) is 0 Å². The lowest BCUT2D eigenvalue weighted by molar-refractivity contribution is -0.125. The van der Waals surface area contributed by atoms with Gasteiger partial charge in [0.1, 0.15) is 5.41 Å². The molecule has 0 fully saturated rings. The van der Waals surface area contributed by atoms with Crippen LogP contribution in [-0.4, -0.2) is 33.9 Å². The third-order valence-electron chi connectivity index (χ3n) is 4.95. The summed E-state index contributed by atoms with van der Waals surface area (Å²) < 4.78 is 0. The molecule has 0 bridgehead atoms. The molecule has 0 aliphatic rings. The number of benzene rings is 1. The number of amides is 1. The maximum absolute atomic E-state index is 13.0. The molecule has 0 radical (unpaired) electrons. The third-order valence-corrected chi connectivity index (χ3v) is 4.95.